The molecule has 0 heterocycles. The molecule has 0 aromatic heterocycles. The van der Waals surface area contributed by atoms with Gasteiger partial charge in [0.1, 0.15) is 0 Å². The molecule has 0 atom stereocenters. The van der Waals surface area contributed by atoms with Gasteiger partial charge in [0.15, 0.2) is 0 Å². The smallest absolute Gasteiger partial charge is 0.302 e. The molecule has 0 amide bonds. The van der Waals surface area contributed by atoms with Gasteiger partial charge in [-0.15, -0.1) is 0 Å². The summed E-state index contributed by atoms with van der Waals surface area (Å²) in [5, 5.41) is 0. The standard InChI is InChI=1S/20C6H6.C4H8O2/c20*1-2-4-6-5-3-1;1-3-6-4(2)5/h20*1-6H;3H2,1-2H3. The minimum atomic E-state index is -0.211. The predicted octanol–water partition coefficient (Wildman–Crippen LogP) is 34.3. The molecule has 2 heteroatoms. The molecule has 636 valence electrons. The van der Waals surface area contributed by atoms with Crippen LogP contribution in [0.2, 0.25) is 0 Å². The van der Waals surface area contributed by atoms with Gasteiger partial charge in [0.2, 0.25) is 0 Å². The molecular weight excluding hydrogens is 1520 g/mol. The van der Waals surface area contributed by atoms with Gasteiger partial charge in [-0.25, -0.2) is 0 Å². The predicted molar refractivity (Wildman–Crippen MR) is 551 cm³/mol. The fraction of sp³-hybridized carbons (Fsp3) is 0.0242. The maximum atomic E-state index is 9.82. The number of benzene rings is 20. The van der Waals surface area contributed by atoms with E-state index in [-0.39, 0.29) is 5.97 Å². The molecule has 0 fully saturated rings. The maximum absolute atomic E-state index is 9.82. The van der Waals surface area contributed by atoms with Gasteiger partial charge in [0, 0.05) is 6.92 Å². The lowest BCUT2D eigenvalue weighted by Gasteiger charge is -1.89. The van der Waals surface area contributed by atoms with Crippen molar-refractivity contribution in [1.29, 1.82) is 0 Å². The van der Waals surface area contributed by atoms with Crippen molar-refractivity contribution < 1.29 is 9.53 Å². The van der Waals surface area contributed by atoms with Gasteiger partial charge < -0.3 is 4.74 Å². The number of ether oxygens (including phenoxy) is 1. The molecule has 0 unspecified atom stereocenters. The van der Waals surface area contributed by atoms with E-state index in [0.717, 1.165) is 0 Å². The van der Waals surface area contributed by atoms with Crippen LogP contribution in [-0.4, -0.2) is 12.6 Å². The number of rotatable bonds is 1. The summed E-state index contributed by atoms with van der Waals surface area (Å²) in [5.41, 5.74) is 0. The van der Waals surface area contributed by atoms with Crippen LogP contribution in [0.1, 0.15) is 13.8 Å². The molecule has 2 nitrogen and oxygen atoms in total. The molecule has 0 spiro atoms. The van der Waals surface area contributed by atoms with Crippen LogP contribution in [0.3, 0.4) is 0 Å². The molecule has 0 aliphatic rings. The maximum Gasteiger partial charge on any atom is 0.302 e. The van der Waals surface area contributed by atoms with Gasteiger partial charge in [-0.05, 0) is 6.92 Å². The second kappa shape index (κ2) is 107. The molecule has 0 aliphatic carbocycles. The van der Waals surface area contributed by atoms with Gasteiger partial charge in [-0.2, -0.15) is 0 Å². The van der Waals surface area contributed by atoms with Crippen LogP contribution < -0.4 is 0 Å². The summed E-state index contributed by atoms with van der Waals surface area (Å²) in [4.78, 5) is 9.82. The van der Waals surface area contributed by atoms with Gasteiger partial charge in [-0.3, -0.25) is 4.79 Å². The summed E-state index contributed by atoms with van der Waals surface area (Å²) in [7, 11) is 0. The van der Waals surface area contributed by atoms with Gasteiger partial charge >= 0.3 is 5.97 Å². The van der Waals surface area contributed by atoms with Crippen molar-refractivity contribution in [1.82, 2.24) is 0 Å². The highest BCUT2D eigenvalue weighted by atomic mass is 16.5. The van der Waals surface area contributed by atoms with Crippen LogP contribution in [0.25, 0.3) is 0 Å². The molecule has 0 saturated heterocycles. The Bertz CT molecular complexity index is 2970. The van der Waals surface area contributed by atoms with E-state index < -0.39 is 0 Å². The van der Waals surface area contributed by atoms with Gasteiger partial charge in [-0.1, -0.05) is 728 Å². The van der Waals surface area contributed by atoms with Crippen molar-refractivity contribution in [3.63, 3.8) is 0 Å². The van der Waals surface area contributed by atoms with Gasteiger partial charge in [0.25, 0.3) is 0 Å². The van der Waals surface area contributed by atoms with E-state index in [2.05, 4.69) is 4.74 Å². The summed E-state index contributed by atoms with van der Waals surface area (Å²) >= 11 is 0. The Labute approximate surface area is 758 Å². The Balaban J connectivity index is 0.00000130. The molecular formula is C124H128O2. The van der Waals surface area contributed by atoms with Crippen molar-refractivity contribution in [3.05, 3.63) is 728 Å². The first-order chi connectivity index (χ1) is 62.8. The zero-order valence-corrected chi connectivity index (χ0v) is 73.3. The SMILES string of the molecule is CCOC(C)=O.c1ccccc1.c1ccccc1.c1ccccc1.c1ccccc1.c1ccccc1.c1ccccc1.c1ccccc1.c1ccccc1.c1ccccc1.c1ccccc1.c1ccccc1.c1ccccc1.c1ccccc1.c1ccccc1.c1ccccc1.c1ccccc1.c1ccccc1.c1ccccc1.c1ccccc1.c1ccccc1. The lowest BCUT2D eigenvalue weighted by Crippen LogP contribution is -1.95. The number of carbonyl (C=O) groups is 1. The van der Waals surface area contributed by atoms with Gasteiger partial charge in [0.05, 0.1) is 6.61 Å². The first-order valence-electron chi connectivity index (χ1n) is 41.9. The summed E-state index contributed by atoms with van der Waals surface area (Å²) in [6.07, 6.45) is 0. The highest BCUT2D eigenvalue weighted by molar-refractivity contribution is 5.65. The Morgan fingerprint density at radius 1 is 0.103 bits per heavy atom. The van der Waals surface area contributed by atoms with Crippen molar-refractivity contribution in [2.45, 2.75) is 13.8 Å². The van der Waals surface area contributed by atoms with Crippen LogP contribution in [0.15, 0.2) is 728 Å². The molecule has 0 N–H and O–H groups in total. The highest BCUT2D eigenvalue weighted by Gasteiger charge is 1.82. The fourth-order valence-corrected chi connectivity index (χ4v) is 7.90. The van der Waals surface area contributed by atoms with Crippen LogP contribution in [0.5, 0.6) is 0 Å². The summed E-state index contributed by atoms with van der Waals surface area (Å²) in [6, 6.07) is 240. The lowest BCUT2D eigenvalue weighted by atomic mass is 10.4. The minimum Gasteiger partial charge on any atom is -0.466 e. The molecule has 0 radical (unpaired) electrons. The molecule has 20 aromatic carbocycles. The van der Waals surface area contributed by atoms with E-state index in [1.54, 1.807) is 6.92 Å². The second-order valence-corrected chi connectivity index (χ2v) is 24.0. The highest BCUT2D eigenvalue weighted by Crippen LogP contribution is 1.91. The fourth-order valence-electron chi connectivity index (χ4n) is 7.90. The molecule has 20 aromatic rings. The summed E-state index contributed by atoms with van der Waals surface area (Å²) in [5.74, 6) is -0.211. The molecule has 20 rings (SSSR count). The van der Waals surface area contributed by atoms with E-state index in [0.29, 0.717) is 6.61 Å². The van der Waals surface area contributed by atoms with E-state index in [1.807, 2.05) is 728 Å². The third kappa shape index (κ3) is 108. The van der Waals surface area contributed by atoms with E-state index >= 15 is 0 Å². The lowest BCUT2D eigenvalue weighted by molar-refractivity contribution is -0.140. The third-order valence-corrected chi connectivity index (χ3v) is 13.7. The molecule has 0 aliphatic heterocycles. The Kier molecular flexibility index (Phi) is 93.2. The first-order valence-corrected chi connectivity index (χ1v) is 41.9. The zero-order valence-electron chi connectivity index (χ0n) is 73.3. The van der Waals surface area contributed by atoms with Crippen LogP contribution in [-0.2, 0) is 9.53 Å². The van der Waals surface area contributed by atoms with E-state index in [1.165, 1.54) is 6.92 Å². The quantitative estimate of drug-likeness (QED) is 0.153. The molecule has 0 bridgehead atoms. The Morgan fingerprint density at radius 3 is 0.143 bits per heavy atom. The monoisotopic (exact) mass is 1650 g/mol. The topological polar surface area (TPSA) is 26.3 Å². The van der Waals surface area contributed by atoms with Crippen LogP contribution in [0, 0.1) is 0 Å². The van der Waals surface area contributed by atoms with Crippen LogP contribution >= 0.6 is 0 Å². The second-order valence-electron chi connectivity index (χ2n) is 24.0. The largest absolute Gasteiger partial charge is 0.466 e. The summed E-state index contributed by atoms with van der Waals surface area (Å²) < 4.78 is 4.40. The third-order valence-electron chi connectivity index (χ3n) is 13.7. The van der Waals surface area contributed by atoms with Crippen LogP contribution in [0.4, 0.5) is 0 Å². The molecule has 126 heavy (non-hydrogen) atoms. The van der Waals surface area contributed by atoms with Crippen molar-refractivity contribution in [2.75, 3.05) is 6.61 Å². The molecule has 0 saturated carbocycles. The number of hydrogen-bond donors (Lipinski definition) is 0. The Morgan fingerprint density at radius 2 is 0.135 bits per heavy atom. The Hall–Kier alpha value is -16.1. The van der Waals surface area contributed by atoms with Crippen molar-refractivity contribution >= 4 is 5.97 Å². The average Bonchev–Trinajstić information content (AvgIpc) is 3.63. The first kappa shape index (κ1) is 110. The number of hydrogen-bond acceptors (Lipinski definition) is 2. The number of carbonyl (C=O) groups excluding carboxylic acids is 1. The summed E-state index contributed by atoms with van der Waals surface area (Å²) in [6.45, 7) is 3.65. The van der Waals surface area contributed by atoms with E-state index in [9.17, 15) is 4.79 Å². The minimum absolute atomic E-state index is 0.211. The van der Waals surface area contributed by atoms with Crippen molar-refractivity contribution in [3.8, 4) is 0 Å². The normalized spacial score (nSPS) is 7.98. The average molecular weight is 1650 g/mol. The number of esters is 1. The zero-order chi connectivity index (χ0) is 89.8. The van der Waals surface area contributed by atoms with Crippen molar-refractivity contribution in [2.24, 2.45) is 0 Å². The van der Waals surface area contributed by atoms with E-state index in [4.69, 9.17) is 0 Å².